The van der Waals surface area contributed by atoms with Gasteiger partial charge in [-0.1, -0.05) is 30.3 Å². The Morgan fingerprint density at radius 1 is 1.03 bits per heavy atom. The van der Waals surface area contributed by atoms with E-state index < -0.39 is 5.41 Å². The van der Waals surface area contributed by atoms with Crippen LogP contribution >= 0.6 is 0 Å². The molecule has 0 aromatic heterocycles. The van der Waals surface area contributed by atoms with Crippen molar-refractivity contribution < 1.29 is 19.1 Å². The maximum Gasteiger partial charge on any atom is 0.312 e. The Morgan fingerprint density at radius 3 is 2.32 bits per heavy atom. The van der Waals surface area contributed by atoms with Crippen LogP contribution in [0.2, 0.25) is 0 Å². The summed E-state index contributed by atoms with van der Waals surface area (Å²) in [6.45, 7) is 1.90. The number of rotatable bonds is 7. The number of carbonyl (C=O) groups is 3. The van der Waals surface area contributed by atoms with Gasteiger partial charge in [0, 0.05) is 24.4 Å². The highest BCUT2D eigenvalue weighted by Gasteiger charge is 2.61. The lowest BCUT2D eigenvalue weighted by molar-refractivity contribution is -0.177. The predicted octanol–water partition coefficient (Wildman–Crippen LogP) is 2.85. The first kappa shape index (κ1) is 20.5. The van der Waals surface area contributed by atoms with Crippen molar-refractivity contribution in [3.05, 3.63) is 35.9 Å². The van der Waals surface area contributed by atoms with Crippen LogP contribution in [0.4, 0.5) is 0 Å². The molecule has 2 atom stereocenters. The lowest BCUT2D eigenvalue weighted by atomic mass is 9.47. The molecule has 0 aliphatic heterocycles. The fraction of sp³-hybridized carbons (Fsp3) is 0.640. The van der Waals surface area contributed by atoms with Crippen LogP contribution in [0.1, 0.15) is 63.9 Å². The molecular formula is C25H32N2O4. The molecule has 0 saturated heterocycles. The Morgan fingerprint density at radius 2 is 1.71 bits per heavy atom. The zero-order valence-corrected chi connectivity index (χ0v) is 18.2. The minimum absolute atomic E-state index is 0.0303. The molecule has 6 nitrogen and oxygen atoms in total. The van der Waals surface area contributed by atoms with Crippen LogP contribution in [-0.2, 0) is 24.5 Å². The number of esters is 1. The van der Waals surface area contributed by atoms with E-state index in [-0.39, 0.29) is 35.3 Å². The topological polar surface area (TPSA) is 84.5 Å². The first-order chi connectivity index (χ1) is 14.8. The molecule has 166 valence electrons. The molecule has 0 heterocycles. The summed E-state index contributed by atoms with van der Waals surface area (Å²) in [5, 5.41) is 6.14. The summed E-state index contributed by atoms with van der Waals surface area (Å²) < 4.78 is 5.57. The molecule has 5 fully saturated rings. The monoisotopic (exact) mass is 424 g/mol. The summed E-state index contributed by atoms with van der Waals surface area (Å²) >= 11 is 0. The number of hydrogen-bond acceptors (Lipinski definition) is 4. The minimum atomic E-state index is -0.547. The van der Waals surface area contributed by atoms with Crippen LogP contribution in [0.25, 0.3) is 0 Å². The predicted molar refractivity (Wildman–Crippen MR) is 115 cm³/mol. The number of benzene rings is 1. The zero-order valence-electron chi connectivity index (χ0n) is 18.2. The van der Waals surface area contributed by atoms with Crippen LogP contribution in [0.15, 0.2) is 30.3 Å². The van der Waals surface area contributed by atoms with E-state index in [4.69, 9.17) is 4.74 Å². The van der Waals surface area contributed by atoms with Crippen LogP contribution < -0.4 is 10.6 Å². The molecule has 2 amide bonds. The van der Waals surface area contributed by atoms with Crippen molar-refractivity contribution in [3.8, 4) is 0 Å². The molecule has 0 spiro atoms. The zero-order chi connectivity index (χ0) is 21.7. The normalized spacial score (nSPS) is 34.1. The second-order valence-corrected chi connectivity index (χ2v) is 10.7. The van der Waals surface area contributed by atoms with E-state index in [9.17, 15) is 14.4 Å². The van der Waals surface area contributed by atoms with Gasteiger partial charge in [-0.2, -0.15) is 0 Å². The second-order valence-electron chi connectivity index (χ2n) is 10.7. The fourth-order valence-electron chi connectivity index (χ4n) is 7.13. The van der Waals surface area contributed by atoms with E-state index in [0.29, 0.717) is 24.8 Å². The minimum Gasteiger partial charge on any atom is -0.455 e. The van der Waals surface area contributed by atoms with E-state index in [1.54, 1.807) is 6.92 Å². The number of carbonyl (C=O) groups excluding carboxylic acids is 3. The van der Waals surface area contributed by atoms with Gasteiger partial charge < -0.3 is 15.4 Å². The maximum atomic E-state index is 13.1. The molecule has 4 bridgehead atoms. The van der Waals surface area contributed by atoms with Gasteiger partial charge >= 0.3 is 5.97 Å². The largest absolute Gasteiger partial charge is 0.455 e. The van der Waals surface area contributed by atoms with Crippen molar-refractivity contribution in [1.29, 1.82) is 0 Å². The molecule has 5 saturated carbocycles. The van der Waals surface area contributed by atoms with Gasteiger partial charge in [-0.05, 0) is 68.8 Å². The van der Waals surface area contributed by atoms with Crippen LogP contribution in [0, 0.1) is 17.3 Å². The van der Waals surface area contributed by atoms with E-state index in [2.05, 4.69) is 22.8 Å². The Hall–Kier alpha value is -2.37. The van der Waals surface area contributed by atoms with Gasteiger partial charge in [-0.25, -0.2) is 0 Å². The molecule has 31 heavy (non-hydrogen) atoms. The Bertz CT molecular complexity index is 878. The smallest absolute Gasteiger partial charge is 0.312 e. The maximum absolute atomic E-state index is 13.1. The van der Waals surface area contributed by atoms with Crippen molar-refractivity contribution in [2.75, 3.05) is 13.2 Å². The number of hydrogen-bond donors (Lipinski definition) is 2. The molecule has 6 heteroatoms. The van der Waals surface area contributed by atoms with Gasteiger partial charge in [0.25, 0.3) is 5.91 Å². The Kier molecular flexibility index (Phi) is 4.87. The van der Waals surface area contributed by atoms with Crippen LogP contribution in [0.5, 0.6) is 0 Å². The summed E-state index contributed by atoms with van der Waals surface area (Å²) in [5.41, 5.74) is 0.468. The van der Waals surface area contributed by atoms with E-state index in [0.717, 1.165) is 44.9 Å². The highest BCUT2D eigenvalue weighted by molar-refractivity contribution is 5.83. The molecule has 6 rings (SSSR count). The summed E-state index contributed by atoms with van der Waals surface area (Å²) in [4.78, 5) is 37.4. The van der Waals surface area contributed by atoms with Crippen molar-refractivity contribution in [2.45, 2.75) is 69.2 Å². The van der Waals surface area contributed by atoms with Crippen molar-refractivity contribution in [3.63, 3.8) is 0 Å². The summed E-state index contributed by atoms with van der Waals surface area (Å²) in [6, 6.07) is 10.3. The molecule has 2 unspecified atom stereocenters. The fourth-order valence-corrected chi connectivity index (χ4v) is 7.13. The third kappa shape index (κ3) is 3.85. The third-order valence-electron chi connectivity index (χ3n) is 8.13. The van der Waals surface area contributed by atoms with Gasteiger partial charge in [0.15, 0.2) is 6.61 Å². The standard InChI is InChI=1S/C25H32N2O4/c1-17(28)27-25-12-18-9-19(13-25)11-24(10-18,15-25)22(30)31-14-21(29)26-16-23(7-8-23)20-5-3-2-4-6-20/h2-6,18-19H,7-16H2,1H3,(H,26,29)(H,27,28). The van der Waals surface area contributed by atoms with Crippen molar-refractivity contribution in [1.82, 2.24) is 10.6 Å². The van der Waals surface area contributed by atoms with Gasteiger partial charge in [0.1, 0.15) is 0 Å². The quantitative estimate of drug-likeness (QED) is 0.659. The average molecular weight is 425 g/mol. The first-order valence-electron chi connectivity index (χ1n) is 11.6. The Labute approximate surface area is 183 Å². The summed E-state index contributed by atoms with van der Waals surface area (Å²) in [7, 11) is 0. The SMILES string of the molecule is CC(=O)NC12CC3CC(C1)CC(C(=O)OCC(=O)NCC1(c4ccccc4)CC1)(C3)C2. The van der Waals surface area contributed by atoms with Gasteiger partial charge in [-0.15, -0.1) is 0 Å². The number of nitrogens with one attached hydrogen (secondary N) is 2. The van der Waals surface area contributed by atoms with Crippen molar-refractivity contribution in [2.24, 2.45) is 17.3 Å². The second kappa shape index (κ2) is 7.35. The molecule has 0 radical (unpaired) electrons. The Balaban J connectivity index is 1.17. The highest BCUT2D eigenvalue weighted by Crippen LogP contribution is 2.62. The van der Waals surface area contributed by atoms with Gasteiger partial charge in [0.2, 0.25) is 5.91 Å². The average Bonchev–Trinajstić information content (AvgIpc) is 3.50. The van der Waals surface area contributed by atoms with E-state index in [1.807, 2.05) is 18.2 Å². The van der Waals surface area contributed by atoms with E-state index in [1.165, 1.54) is 5.56 Å². The molecular weight excluding hydrogens is 392 g/mol. The van der Waals surface area contributed by atoms with E-state index >= 15 is 0 Å². The van der Waals surface area contributed by atoms with Gasteiger partial charge in [0.05, 0.1) is 5.41 Å². The molecule has 5 aliphatic rings. The first-order valence-corrected chi connectivity index (χ1v) is 11.6. The van der Waals surface area contributed by atoms with Crippen LogP contribution in [-0.4, -0.2) is 36.5 Å². The van der Waals surface area contributed by atoms with Gasteiger partial charge in [-0.3, -0.25) is 14.4 Å². The molecule has 1 aromatic carbocycles. The lowest BCUT2D eigenvalue weighted by Crippen LogP contribution is -2.64. The number of ether oxygens (including phenoxy) is 1. The lowest BCUT2D eigenvalue weighted by Gasteiger charge is -2.60. The summed E-state index contributed by atoms with van der Waals surface area (Å²) in [6.07, 6.45) is 7.47. The number of amides is 2. The molecule has 5 aliphatic carbocycles. The highest BCUT2D eigenvalue weighted by atomic mass is 16.5. The third-order valence-corrected chi connectivity index (χ3v) is 8.13. The molecule has 1 aromatic rings. The van der Waals surface area contributed by atoms with Crippen LogP contribution in [0.3, 0.4) is 0 Å². The summed E-state index contributed by atoms with van der Waals surface area (Å²) in [5.74, 6) is 0.384. The molecule has 2 N–H and O–H groups in total. The van der Waals surface area contributed by atoms with Crippen molar-refractivity contribution >= 4 is 17.8 Å².